The normalized spacial score (nSPS) is 16.7. The summed E-state index contributed by atoms with van der Waals surface area (Å²) in [6.45, 7) is 11.6. The Morgan fingerprint density at radius 1 is 0.833 bits per heavy atom. The summed E-state index contributed by atoms with van der Waals surface area (Å²) in [7, 11) is -2.35. The fourth-order valence-electron chi connectivity index (χ4n) is 6.79. The van der Waals surface area contributed by atoms with Crippen molar-refractivity contribution in [2.45, 2.75) is 84.0 Å². The first kappa shape index (κ1) is 40.4. The zero-order valence-corrected chi connectivity index (χ0v) is 34.3. The van der Waals surface area contributed by atoms with Crippen LogP contribution in [-0.4, -0.2) is 61.0 Å². The van der Waals surface area contributed by atoms with Crippen LogP contribution >= 0.6 is 6.89 Å². The molecule has 1 heterocycles. The van der Waals surface area contributed by atoms with Gasteiger partial charge in [0.1, 0.15) is 24.0 Å². The van der Waals surface area contributed by atoms with Gasteiger partial charge in [0.15, 0.2) is 14.1 Å². The SMILES string of the molecule is CC(C)[C@H](NC(=O)OCc1ccccc1)C(=O)N1C[C@H](O[Si](C)(C)C(C)(C)C)C[C@H]1C(=O)C(C#N)=P(c1ccccc1)(c1ccccc1)c1ccccc1. The Hall–Kier alpha value is -4.74. The monoisotopic (exact) mass is 761 g/mol. The summed E-state index contributed by atoms with van der Waals surface area (Å²) in [4.78, 5) is 44.9. The van der Waals surface area contributed by atoms with Crippen molar-refractivity contribution in [2.75, 3.05) is 6.54 Å². The van der Waals surface area contributed by atoms with Crippen molar-refractivity contribution in [3.63, 3.8) is 0 Å². The lowest BCUT2D eigenvalue weighted by atomic mass is 10.0. The molecular weight excluding hydrogens is 710 g/mol. The molecule has 0 aliphatic carbocycles. The summed E-state index contributed by atoms with van der Waals surface area (Å²) in [6.07, 6.45) is -0.947. The van der Waals surface area contributed by atoms with Gasteiger partial charge in [-0.1, -0.05) is 156 Å². The molecule has 3 atom stereocenters. The number of rotatable bonds is 12. The molecule has 54 heavy (non-hydrogen) atoms. The van der Waals surface area contributed by atoms with Gasteiger partial charge in [-0.3, -0.25) is 9.59 Å². The zero-order chi connectivity index (χ0) is 39.1. The molecule has 0 aromatic heterocycles. The second-order valence-electron chi connectivity index (χ2n) is 15.7. The van der Waals surface area contributed by atoms with E-state index in [4.69, 9.17) is 9.16 Å². The number of nitriles is 1. The molecule has 5 rings (SSSR count). The molecule has 0 bridgehead atoms. The molecular formula is C44H52N3O5PSi. The van der Waals surface area contributed by atoms with Crippen molar-refractivity contribution in [1.82, 2.24) is 10.2 Å². The van der Waals surface area contributed by atoms with E-state index in [0.29, 0.717) is 0 Å². The first-order valence-electron chi connectivity index (χ1n) is 18.5. The molecule has 0 unspecified atom stereocenters. The van der Waals surface area contributed by atoms with Crippen LogP contribution in [0.2, 0.25) is 18.1 Å². The third-order valence-electron chi connectivity index (χ3n) is 10.6. The Kier molecular flexibility index (Phi) is 12.8. The van der Waals surface area contributed by atoms with Crippen LogP contribution in [0.4, 0.5) is 4.79 Å². The van der Waals surface area contributed by atoms with E-state index >= 15 is 4.79 Å². The first-order chi connectivity index (χ1) is 25.7. The van der Waals surface area contributed by atoms with Crippen LogP contribution in [0.5, 0.6) is 0 Å². The Bertz CT molecular complexity index is 1910. The van der Waals surface area contributed by atoms with E-state index < -0.39 is 51.2 Å². The zero-order valence-electron chi connectivity index (χ0n) is 32.4. The summed E-state index contributed by atoms with van der Waals surface area (Å²) >= 11 is 0. The Balaban J connectivity index is 1.64. The molecule has 4 aromatic carbocycles. The van der Waals surface area contributed by atoms with Crippen molar-refractivity contribution in [2.24, 2.45) is 5.92 Å². The van der Waals surface area contributed by atoms with Gasteiger partial charge in [0.2, 0.25) is 5.91 Å². The lowest BCUT2D eigenvalue weighted by molar-refractivity contribution is -0.138. The molecule has 1 aliphatic heterocycles. The van der Waals surface area contributed by atoms with Crippen molar-refractivity contribution >= 4 is 54.2 Å². The largest absolute Gasteiger partial charge is 0.445 e. The molecule has 1 fully saturated rings. The lowest BCUT2D eigenvalue weighted by Gasteiger charge is -2.38. The van der Waals surface area contributed by atoms with Gasteiger partial charge in [0, 0.05) is 13.0 Å². The minimum absolute atomic E-state index is 0.0453. The summed E-state index contributed by atoms with van der Waals surface area (Å²) in [6, 6.07) is 39.0. The number of alkyl carbamates (subject to hydrolysis) is 1. The van der Waals surface area contributed by atoms with Gasteiger partial charge in [-0.15, -0.1) is 0 Å². The minimum Gasteiger partial charge on any atom is -0.445 e. The summed E-state index contributed by atoms with van der Waals surface area (Å²) in [5.41, 5.74) is 0.817. The van der Waals surface area contributed by atoms with Crippen LogP contribution < -0.4 is 21.2 Å². The van der Waals surface area contributed by atoms with Gasteiger partial charge in [-0.05, 0) is 52.4 Å². The first-order valence-corrected chi connectivity index (χ1v) is 23.2. The summed E-state index contributed by atoms with van der Waals surface area (Å²) < 4.78 is 12.4. The standard InChI is InChI=1S/C44H52N3O5PSi/c1-32(2)40(46-43(50)51-31-33-20-12-8-13-21-33)42(49)47-30-34(52-54(6,7)44(3,4)5)28-38(47)41(48)39(29-45)53(35-22-14-9-15-23-35,36-24-16-10-17-25-36)37-26-18-11-19-27-37/h8-27,32,34,38,40H,28,30-31H2,1-7H3,(H,46,50)/t34-,38+,40+/m1/s1. The number of hydrogen-bond donors (Lipinski definition) is 1. The van der Waals surface area contributed by atoms with E-state index in [1.807, 2.05) is 135 Å². The topological polar surface area (TPSA) is 109 Å². The molecule has 10 heteroatoms. The highest BCUT2D eigenvalue weighted by molar-refractivity contribution is 7.97. The maximum absolute atomic E-state index is 15.5. The number of ether oxygens (including phenoxy) is 1. The smallest absolute Gasteiger partial charge is 0.408 e. The van der Waals surface area contributed by atoms with Crippen molar-refractivity contribution in [1.29, 1.82) is 5.26 Å². The number of likely N-dealkylation sites (tertiary alicyclic amines) is 1. The number of amides is 2. The van der Waals surface area contributed by atoms with Gasteiger partial charge in [-0.25, -0.2) is 4.79 Å². The van der Waals surface area contributed by atoms with Crippen LogP contribution in [0.25, 0.3) is 0 Å². The number of nitrogens with zero attached hydrogens (tertiary/aromatic N) is 2. The van der Waals surface area contributed by atoms with Crippen LogP contribution in [-0.2, 0) is 25.4 Å². The molecule has 0 radical (unpaired) electrons. The number of ketones is 1. The number of Topliss-reactive ketones (excluding diaryl/α,β-unsaturated/α-hetero) is 1. The molecule has 0 spiro atoms. The summed E-state index contributed by atoms with van der Waals surface area (Å²) in [5, 5.41) is 16.6. The Labute approximate surface area is 321 Å². The maximum Gasteiger partial charge on any atom is 0.408 e. The fraction of sp³-hybridized carbons (Fsp3) is 0.341. The van der Waals surface area contributed by atoms with Crippen molar-refractivity contribution < 1.29 is 23.5 Å². The Morgan fingerprint density at radius 2 is 1.30 bits per heavy atom. The molecule has 2 amide bonds. The average molecular weight is 762 g/mol. The van der Waals surface area contributed by atoms with Gasteiger partial charge in [0.25, 0.3) is 0 Å². The van der Waals surface area contributed by atoms with Gasteiger partial charge < -0.3 is 19.4 Å². The molecule has 4 aromatic rings. The molecule has 1 aliphatic rings. The predicted octanol–water partition coefficient (Wildman–Crippen LogP) is 7.19. The van der Waals surface area contributed by atoms with E-state index in [2.05, 4.69) is 45.3 Å². The van der Waals surface area contributed by atoms with E-state index in [9.17, 15) is 14.9 Å². The third kappa shape index (κ3) is 8.63. The third-order valence-corrected chi connectivity index (χ3v) is 19.4. The van der Waals surface area contributed by atoms with Crippen LogP contribution in [0.15, 0.2) is 121 Å². The molecule has 1 saturated heterocycles. The number of hydrogen-bond acceptors (Lipinski definition) is 6. The van der Waals surface area contributed by atoms with E-state index in [0.717, 1.165) is 21.5 Å². The van der Waals surface area contributed by atoms with Gasteiger partial charge in [0.05, 0.1) is 12.1 Å². The van der Waals surface area contributed by atoms with E-state index in [1.165, 1.54) is 0 Å². The predicted molar refractivity (Wildman–Crippen MR) is 221 cm³/mol. The number of benzene rings is 4. The molecule has 282 valence electrons. The van der Waals surface area contributed by atoms with Crippen molar-refractivity contribution in [3.8, 4) is 6.07 Å². The second-order valence-corrected chi connectivity index (χ2v) is 23.8. The molecule has 0 saturated carbocycles. The molecule has 1 N–H and O–H groups in total. The highest BCUT2D eigenvalue weighted by atomic mass is 31.2. The van der Waals surface area contributed by atoms with Crippen LogP contribution in [0, 0.1) is 17.2 Å². The number of nitrogens with one attached hydrogen (secondary N) is 1. The number of carbonyl (C=O) groups is 3. The number of carbonyl (C=O) groups excluding carboxylic acids is 3. The quantitative estimate of drug-likeness (QED) is 0.121. The van der Waals surface area contributed by atoms with Crippen LogP contribution in [0.1, 0.15) is 46.6 Å². The maximum atomic E-state index is 15.5. The highest BCUT2D eigenvalue weighted by Crippen LogP contribution is 2.47. The Morgan fingerprint density at radius 3 is 1.72 bits per heavy atom. The van der Waals surface area contributed by atoms with Gasteiger partial charge >= 0.3 is 6.09 Å². The van der Waals surface area contributed by atoms with E-state index in [-0.39, 0.29) is 35.8 Å². The van der Waals surface area contributed by atoms with Crippen molar-refractivity contribution in [3.05, 3.63) is 127 Å². The lowest BCUT2D eigenvalue weighted by Crippen LogP contribution is -2.55. The molecule has 8 nitrogen and oxygen atoms in total. The van der Waals surface area contributed by atoms with Crippen LogP contribution in [0.3, 0.4) is 0 Å². The van der Waals surface area contributed by atoms with E-state index in [1.54, 1.807) is 4.90 Å². The second kappa shape index (κ2) is 17.2. The fourth-order valence-corrected chi connectivity index (χ4v) is 12.3. The van der Waals surface area contributed by atoms with Gasteiger partial charge in [-0.2, -0.15) is 5.26 Å². The highest BCUT2D eigenvalue weighted by Gasteiger charge is 2.49. The summed E-state index contributed by atoms with van der Waals surface area (Å²) in [5.74, 6) is -1.16. The minimum atomic E-state index is -3.07. The average Bonchev–Trinajstić information content (AvgIpc) is 3.58.